The molecule has 4 nitrogen and oxygen atoms in total. The molecular formula is C12H18F3NO3. The van der Waals surface area contributed by atoms with E-state index in [1.165, 1.54) is 0 Å². The fraction of sp³-hybridized carbons (Fsp3) is 0.833. The molecule has 0 spiro atoms. The number of nitrogens with zero attached hydrogens (tertiary/aromatic N) is 1. The number of carboxylic acid groups (broad SMARTS) is 1. The number of carboxylic acids is 1. The number of halogens is 3. The number of piperidine rings is 1. The zero-order chi connectivity index (χ0) is 15.0. The number of carbonyl (C=O) groups excluding carboxylic acids is 1. The number of likely N-dealkylation sites (tertiary alicyclic amines) is 1. The average Bonchev–Trinajstić information content (AvgIpc) is 2.24. The summed E-state index contributed by atoms with van der Waals surface area (Å²) < 4.78 is 37.5. The summed E-state index contributed by atoms with van der Waals surface area (Å²) in [6.45, 7) is 5.15. The molecule has 0 unspecified atom stereocenters. The van der Waals surface area contributed by atoms with Crippen molar-refractivity contribution in [1.82, 2.24) is 4.90 Å². The normalized spacial score (nSPS) is 25.3. The summed E-state index contributed by atoms with van der Waals surface area (Å²) in [5, 5.41) is 9.20. The minimum atomic E-state index is -5.03. The molecule has 1 heterocycles. The molecule has 1 amide bonds. The van der Waals surface area contributed by atoms with Crippen molar-refractivity contribution in [3.8, 4) is 0 Å². The Morgan fingerprint density at radius 3 is 2.11 bits per heavy atom. The summed E-state index contributed by atoms with van der Waals surface area (Å²) in [5.41, 5.74) is -0.479. The van der Waals surface area contributed by atoms with Gasteiger partial charge in [0, 0.05) is 6.54 Å². The van der Waals surface area contributed by atoms with Crippen molar-refractivity contribution in [3.63, 3.8) is 0 Å². The van der Waals surface area contributed by atoms with E-state index in [4.69, 9.17) is 0 Å². The molecule has 7 heteroatoms. The van der Waals surface area contributed by atoms with Crippen molar-refractivity contribution in [1.29, 1.82) is 0 Å². The lowest BCUT2D eigenvalue weighted by Crippen LogP contribution is -2.58. The lowest BCUT2D eigenvalue weighted by molar-refractivity contribution is -0.194. The molecule has 0 aliphatic carbocycles. The summed E-state index contributed by atoms with van der Waals surface area (Å²) >= 11 is 0. The number of aliphatic carboxylic acids is 1. The topological polar surface area (TPSA) is 57.6 Å². The number of hydrogen-bond donors (Lipinski definition) is 1. The van der Waals surface area contributed by atoms with Crippen molar-refractivity contribution < 1.29 is 27.9 Å². The maximum atomic E-state index is 12.5. The second-order valence-corrected chi connectivity index (χ2v) is 5.89. The van der Waals surface area contributed by atoms with Crippen LogP contribution in [0.3, 0.4) is 0 Å². The smallest absolute Gasteiger partial charge is 0.471 e. The Labute approximate surface area is 109 Å². The first-order chi connectivity index (χ1) is 8.46. The first-order valence-electron chi connectivity index (χ1n) is 6.07. The first kappa shape index (κ1) is 15.8. The van der Waals surface area contributed by atoms with Crippen LogP contribution in [0, 0.1) is 11.3 Å². The number of alkyl halides is 3. The summed E-state index contributed by atoms with van der Waals surface area (Å²) in [6.07, 6.45) is -4.15. The molecule has 110 valence electrons. The Hall–Kier alpha value is -1.27. The molecule has 1 aliphatic heterocycles. The average molecular weight is 281 g/mol. The Kier molecular flexibility index (Phi) is 4.17. The largest absolute Gasteiger partial charge is 0.480 e. The molecule has 0 bridgehead atoms. The van der Waals surface area contributed by atoms with Crippen LogP contribution in [-0.2, 0) is 9.59 Å². The van der Waals surface area contributed by atoms with Gasteiger partial charge in [-0.1, -0.05) is 20.8 Å². The molecule has 1 fully saturated rings. The molecule has 1 aliphatic rings. The van der Waals surface area contributed by atoms with Crippen molar-refractivity contribution in [2.24, 2.45) is 11.3 Å². The highest BCUT2D eigenvalue weighted by atomic mass is 19.4. The minimum Gasteiger partial charge on any atom is -0.480 e. The lowest BCUT2D eigenvalue weighted by atomic mass is 9.71. The maximum absolute atomic E-state index is 12.5. The molecule has 2 atom stereocenters. The van der Waals surface area contributed by atoms with Gasteiger partial charge in [-0.15, -0.1) is 0 Å². The van der Waals surface area contributed by atoms with E-state index in [-0.39, 0.29) is 6.54 Å². The van der Waals surface area contributed by atoms with Gasteiger partial charge in [0.15, 0.2) is 0 Å². The van der Waals surface area contributed by atoms with E-state index >= 15 is 0 Å². The number of amides is 1. The van der Waals surface area contributed by atoms with Gasteiger partial charge in [-0.3, -0.25) is 4.79 Å². The van der Waals surface area contributed by atoms with Crippen molar-refractivity contribution in [2.45, 2.75) is 45.8 Å². The standard InChI is InChI=1S/C12H18F3NO3/c1-11(2,3)7-5-4-6-16(8(7)9(17)18)10(19)12(13,14)15/h7-8H,4-6H2,1-3H3,(H,17,18)/t7-,8+/m0/s1. The summed E-state index contributed by atoms with van der Waals surface area (Å²) in [6, 6.07) is -1.41. The van der Waals surface area contributed by atoms with E-state index in [0.29, 0.717) is 17.7 Å². The zero-order valence-electron chi connectivity index (χ0n) is 11.1. The van der Waals surface area contributed by atoms with E-state index in [9.17, 15) is 27.9 Å². The van der Waals surface area contributed by atoms with Gasteiger partial charge < -0.3 is 10.0 Å². The van der Waals surface area contributed by atoms with Crippen molar-refractivity contribution in [3.05, 3.63) is 0 Å². The molecule has 1 rings (SSSR count). The maximum Gasteiger partial charge on any atom is 0.471 e. The van der Waals surface area contributed by atoms with Crippen LogP contribution in [0.5, 0.6) is 0 Å². The highest BCUT2D eigenvalue weighted by molar-refractivity contribution is 5.87. The fourth-order valence-electron chi connectivity index (χ4n) is 2.60. The van der Waals surface area contributed by atoms with Crippen LogP contribution in [-0.4, -0.2) is 40.6 Å². The number of hydrogen-bond acceptors (Lipinski definition) is 2. The van der Waals surface area contributed by atoms with Crippen LogP contribution >= 0.6 is 0 Å². The Morgan fingerprint density at radius 1 is 1.21 bits per heavy atom. The van der Waals surface area contributed by atoms with Crippen LogP contribution in [0.1, 0.15) is 33.6 Å². The van der Waals surface area contributed by atoms with Crippen LogP contribution in [0.25, 0.3) is 0 Å². The van der Waals surface area contributed by atoms with Gasteiger partial charge >= 0.3 is 18.1 Å². The number of rotatable bonds is 1. The van der Waals surface area contributed by atoms with Crippen LogP contribution in [0.15, 0.2) is 0 Å². The molecule has 0 aromatic rings. The molecule has 1 saturated heterocycles. The van der Waals surface area contributed by atoms with Gasteiger partial charge in [0.25, 0.3) is 0 Å². The monoisotopic (exact) mass is 281 g/mol. The predicted octanol–water partition coefficient (Wildman–Crippen LogP) is 2.29. The molecule has 0 aromatic carbocycles. The Morgan fingerprint density at radius 2 is 1.74 bits per heavy atom. The van der Waals surface area contributed by atoms with Crippen LogP contribution in [0.2, 0.25) is 0 Å². The molecule has 1 N–H and O–H groups in total. The van der Waals surface area contributed by atoms with Gasteiger partial charge in [-0.05, 0) is 24.2 Å². The molecule has 0 saturated carbocycles. The van der Waals surface area contributed by atoms with E-state index in [2.05, 4.69) is 0 Å². The first-order valence-corrected chi connectivity index (χ1v) is 6.07. The summed E-state index contributed by atoms with van der Waals surface area (Å²) in [4.78, 5) is 23.1. The van der Waals surface area contributed by atoms with Gasteiger partial charge in [0.2, 0.25) is 0 Å². The third-order valence-corrected chi connectivity index (χ3v) is 3.50. The molecule has 0 aromatic heterocycles. The van der Waals surface area contributed by atoms with E-state index in [1.54, 1.807) is 20.8 Å². The van der Waals surface area contributed by atoms with Gasteiger partial charge in [-0.25, -0.2) is 4.79 Å². The molecule has 0 radical (unpaired) electrons. The van der Waals surface area contributed by atoms with Gasteiger partial charge in [0.1, 0.15) is 6.04 Å². The van der Waals surface area contributed by atoms with E-state index in [0.717, 1.165) is 0 Å². The highest BCUT2D eigenvalue weighted by Gasteiger charge is 2.51. The zero-order valence-corrected chi connectivity index (χ0v) is 11.1. The third-order valence-electron chi connectivity index (χ3n) is 3.50. The predicted molar refractivity (Wildman–Crippen MR) is 61.4 cm³/mol. The SMILES string of the molecule is CC(C)(C)[C@H]1CCCN(C(=O)C(F)(F)F)[C@H]1C(=O)O. The lowest BCUT2D eigenvalue weighted by Gasteiger charge is -2.44. The van der Waals surface area contributed by atoms with Crippen LogP contribution < -0.4 is 0 Å². The Bertz CT molecular complexity index is 373. The minimum absolute atomic E-state index is 0.165. The van der Waals surface area contributed by atoms with Gasteiger partial charge in [0.05, 0.1) is 0 Å². The second-order valence-electron chi connectivity index (χ2n) is 5.89. The highest BCUT2D eigenvalue weighted by Crippen LogP contribution is 2.39. The summed E-state index contributed by atoms with van der Waals surface area (Å²) in [5.74, 6) is -3.93. The quantitative estimate of drug-likeness (QED) is 0.802. The van der Waals surface area contributed by atoms with Gasteiger partial charge in [-0.2, -0.15) is 13.2 Å². The second kappa shape index (κ2) is 5.02. The fourth-order valence-corrected chi connectivity index (χ4v) is 2.60. The molecule has 19 heavy (non-hydrogen) atoms. The number of carbonyl (C=O) groups is 2. The summed E-state index contributed by atoms with van der Waals surface area (Å²) in [7, 11) is 0. The van der Waals surface area contributed by atoms with Crippen molar-refractivity contribution >= 4 is 11.9 Å². The van der Waals surface area contributed by atoms with Crippen LogP contribution in [0.4, 0.5) is 13.2 Å². The Balaban J connectivity index is 3.10. The van der Waals surface area contributed by atoms with E-state index in [1.807, 2.05) is 0 Å². The third kappa shape index (κ3) is 3.39. The van der Waals surface area contributed by atoms with Crippen molar-refractivity contribution in [2.75, 3.05) is 6.54 Å². The molecular weight excluding hydrogens is 263 g/mol. The van der Waals surface area contributed by atoms with E-state index < -0.39 is 35.4 Å².